The second-order valence-corrected chi connectivity index (χ2v) is 9.06. The predicted molar refractivity (Wildman–Crippen MR) is 128 cm³/mol. The van der Waals surface area contributed by atoms with Crippen LogP contribution in [0.3, 0.4) is 0 Å². The zero-order valence-corrected chi connectivity index (χ0v) is 20.1. The Morgan fingerprint density at radius 1 is 1.18 bits per heavy atom. The summed E-state index contributed by atoms with van der Waals surface area (Å²) in [7, 11) is 0. The number of hydrogen-bond acceptors (Lipinski definition) is 3. The van der Waals surface area contributed by atoms with Crippen molar-refractivity contribution in [2.45, 2.75) is 65.5 Å². The van der Waals surface area contributed by atoms with E-state index in [-0.39, 0.29) is 23.5 Å². The Labute approximate surface area is 196 Å². The molecule has 1 heterocycles. The molecule has 1 N–H and O–H groups in total. The molecule has 5 nitrogen and oxygen atoms in total. The highest BCUT2D eigenvalue weighted by Crippen LogP contribution is 2.38. The second-order valence-electron chi connectivity index (χ2n) is 9.06. The van der Waals surface area contributed by atoms with Crippen LogP contribution in [0.5, 0.6) is 5.75 Å². The van der Waals surface area contributed by atoms with E-state index in [9.17, 15) is 14.0 Å². The third-order valence-electron chi connectivity index (χ3n) is 5.90. The first kappa shape index (κ1) is 24.7. The number of amides is 2. The van der Waals surface area contributed by atoms with Crippen molar-refractivity contribution < 1.29 is 18.7 Å². The monoisotopic (exact) mass is 454 g/mol. The van der Waals surface area contributed by atoms with Crippen LogP contribution in [0.1, 0.15) is 69.7 Å². The molecule has 0 aromatic heterocycles. The van der Waals surface area contributed by atoms with Crippen LogP contribution in [0, 0.1) is 11.7 Å². The minimum Gasteiger partial charge on any atom is -0.481 e. The minimum atomic E-state index is -0.593. The largest absolute Gasteiger partial charge is 0.481 e. The standard InChI is InChI=1S/C27H35FN2O3/c1-5-13-29-27(32)24(6-2)33-22-11-10-19-12-14-30(25(31)15-18(3)4)26(23(19)17-22)20-8-7-9-21(28)16-20/h7-11,16-18,24,26H,5-6,12-15H2,1-4H3,(H,29,32)/t24-,26-/m1/s1. The van der Waals surface area contributed by atoms with Gasteiger partial charge in [-0.1, -0.05) is 45.9 Å². The maximum Gasteiger partial charge on any atom is 0.261 e. The number of carbonyl (C=O) groups is 2. The minimum absolute atomic E-state index is 0.0570. The summed E-state index contributed by atoms with van der Waals surface area (Å²) in [4.78, 5) is 27.4. The predicted octanol–water partition coefficient (Wildman–Crippen LogP) is 5.03. The fraction of sp³-hybridized carbons (Fsp3) is 0.481. The van der Waals surface area contributed by atoms with Gasteiger partial charge in [-0.05, 0) is 66.1 Å². The van der Waals surface area contributed by atoms with Crippen molar-refractivity contribution >= 4 is 11.8 Å². The van der Waals surface area contributed by atoms with E-state index in [1.54, 1.807) is 6.07 Å². The van der Waals surface area contributed by atoms with Gasteiger partial charge in [-0.3, -0.25) is 9.59 Å². The van der Waals surface area contributed by atoms with Crippen molar-refractivity contribution in [1.82, 2.24) is 10.2 Å². The lowest BCUT2D eigenvalue weighted by Gasteiger charge is -2.38. The average Bonchev–Trinajstić information content (AvgIpc) is 2.79. The number of hydrogen-bond donors (Lipinski definition) is 1. The van der Waals surface area contributed by atoms with Crippen LogP contribution in [0.2, 0.25) is 0 Å². The van der Waals surface area contributed by atoms with Gasteiger partial charge in [-0.25, -0.2) is 4.39 Å². The highest BCUT2D eigenvalue weighted by Gasteiger charge is 2.33. The number of ether oxygens (including phenoxy) is 1. The lowest BCUT2D eigenvalue weighted by Crippen LogP contribution is -2.41. The molecule has 0 spiro atoms. The number of nitrogens with one attached hydrogen (secondary N) is 1. The van der Waals surface area contributed by atoms with Crippen LogP contribution in [0.15, 0.2) is 42.5 Å². The molecule has 2 amide bonds. The number of fused-ring (bicyclic) bond motifs is 1. The molecule has 178 valence electrons. The zero-order chi connectivity index (χ0) is 24.0. The van der Waals surface area contributed by atoms with E-state index in [2.05, 4.69) is 5.32 Å². The lowest BCUT2D eigenvalue weighted by atomic mass is 9.87. The molecule has 0 fully saturated rings. The topological polar surface area (TPSA) is 58.6 Å². The number of rotatable bonds is 9. The maximum absolute atomic E-state index is 14.2. The number of halogens is 1. The molecule has 33 heavy (non-hydrogen) atoms. The Balaban J connectivity index is 1.97. The summed E-state index contributed by atoms with van der Waals surface area (Å²) in [6, 6.07) is 11.8. The summed E-state index contributed by atoms with van der Waals surface area (Å²) >= 11 is 0. The first-order valence-corrected chi connectivity index (χ1v) is 12.0. The average molecular weight is 455 g/mol. The fourth-order valence-electron chi connectivity index (χ4n) is 4.29. The van der Waals surface area contributed by atoms with Crippen LogP contribution < -0.4 is 10.1 Å². The molecule has 3 rings (SSSR count). The van der Waals surface area contributed by atoms with Gasteiger partial charge in [-0.2, -0.15) is 0 Å². The summed E-state index contributed by atoms with van der Waals surface area (Å²) in [5, 5.41) is 2.89. The summed E-state index contributed by atoms with van der Waals surface area (Å²) in [6.45, 7) is 9.15. The van der Waals surface area contributed by atoms with E-state index in [0.29, 0.717) is 31.7 Å². The van der Waals surface area contributed by atoms with Gasteiger partial charge >= 0.3 is 0 Å². The normalized spacial score (nSPS) is 16.3. The van der Waals surface area contributed by atoms with E-state index in [1.165, 1.54) is 12.1 Å². The first-order chi connectivity index (χ1) is 15.8. The molecule has 0 saturated carbocycles. The van der Waals surface area contributed by atoms with Crippen molar-refractivity contribution in [3.05, 3.63) is 65.0 Å². The van der Waals surface area contributed by atoms with E-state index < -0.39 is 12.1 Å². The fourth-order valence-corrected chi connectivity index (χ4v) is 4.29. The molecule has 1 aliphatic rings. The summed E-state index contributed by atoms with van der Waals surface area (Å²) in [6.07, 6.45) is 1.96. The Kier molecular flexibility index (Phi) is 8.48. The molecule has 1 aliphatic heterocycles. The zero-order valence-electron chi connectivity index (χ0n) is 20.1. The van der Waals surface area contributed by atoms with Gasteiger partial charge < -0.3 is 15.0 Å². The third-order valence-corrected chi connectivity index (χ3v) is 5.90. The van der Waals surface area contributed by atoms with Gasteiger partial charge in [0.05, 0.1) is 6.04 Å². The highest BCUT2D eigenvalue weighted by molar-refractivity contribution is 5.81. The van der Waals surface area contributed by atoms with Crippen LogP contribution in [-0.2, 0) is 16.0 Å². The van der Waals surface area contributed by atoms with E-state index >= 15 is 0 Å². The van der Waals surface area contributed by atoms with Gasteiger partial charge in [-0.15, -0.1) is 0 Å². The summed E-state index contributed by atoms with van der Waals surface area (Å²) in [5.41, 5.74) is 2.76. The smallest absolute Gasteiger partial charge is 0.261 e. The Morgan fingerprint density at radius 2 is 1.97 bits per heavy atom. The Bertz CT molecular complexity index is 976. The highest BCUT2D eigenvalue weighted by atomic mass is 19.1. The number of nitrogens with zero attached hydrogens (tertiary/aromatic N) is 1. The molecule has 0 radical (unpaired) electrons. The van der Waals surface area contributed by atoms with Crippen molar-refractivity contribution in [1.29, 1.82) is 0 Å². The van der Waals surface area contributed by atoms with Crippen molar-refractivity contribution in [2.24, 2.45) is 5.92 Å². The second kappa shape index (κ2) is 11.3. The molecule has 0 aliphatic carbocycles. The number of benzene rings is 2. The molecular formula is C27H35FN2O3. The van der Waals surface area contributed by atoms with Gasteiger partial charge in [0.15, 0.2) is 6.10 Å². The number of carbonyl (C=O) groups excluding carboxylic acids is 2. The maximum atomic E-state index is 14.2. The quantitative estimate of drug-likeness (QED) is 0.578. The van der Waals surface area contributed by atoms with Gasteiger partial charge in [0.1, 0.15) is 11.6 Å². The first-order valence-electron chi connectivity index (χ1n) is 12.0. The van der Waals surface area contributed by atoms with E-state index in [4.69, 9.17) is 4.74 Å². The van der Waals surface area contributed by atoms with Gasteiger partial charge in [0.2, 0.25) is 5.91 Å². The van der Waals surface area contributed by atoms with Gasteiger partial charge in [0.25, 0.3) is 5.91 Å². The van der Waals surface area contributed by atoms with E-state index in [0.717, 1.165) is 29.5 Å². The summed E-state index contributed by atoms with van der Waals surface area (Å²) in [5.74, 6) is 0.400. The molecule has 6 heteroatoms. The van der Waals surface area contributed by atoms with Gasteiger partial charge in [0, 0.05) is 19.5 Å². The lowest BCUT2D eigenvalue weighted by molar-refractivity contribution is -0.134. The Morgan fingerprint density at radius 3 is 2.64 bits per heavy atom. The molecular weight excluding hydrogens is 419 g/mol. The summed E-state index contributed by atoms with van der Waals surface area (Å²) < 4.78 is 20.2. The molecule has 0 bridgehead atoms. The van der Waals surface area contributed by atoms with Crippen LogP contribution in [0.4, 0.5) is 4.39 Å². The van der Waals surface area contributed by atoms with Crippen molar-refractivity contribution in [2.75, 3.05) is 13.1 Å². The Hall–Kier alpha value is -2.89. The van der Waals surface area contributed by atoms with Crippen LogP contribution >= 0.6 is 0 Å². The van der Waals surface area contributed by atoms with E-state index in [1.807, 2.05) is 56.9 Å². The van der Waals surface area contributed by atoms with Crippen LogP contribution in [0.25, 0.3) is 0 Å². The molecule has 2 aromatic rings. The molecule has 2 aromatic carbocycles. The van der Waals surface area contributed by atoms with Crippen molar-refractivity contribution in [3.63, 3.8) is 0 Å². The molecule has 0 unspecified atom stereocenters. The van der Waals surface area contributed by atoms with Crippen LogP contribution in [-0.4, -0.2) is 35.9 Å². The SMILES string of the molecule is CCCNC(=O)[C@@H](CC)Oc1ccc2c(c1)[C@@H](c1cccc(F)c1)N(C(=O)CC(C)C)CC2. The molecule has 2 atom stereocenters. The molecule has 0 saturated heterocycles. The third kappa shape index (κ3) is 6.12. The van der Waals surface area contributed by atoms with Crippen molar-refractivity contribution in [3.8, 4) is 5.75 Å².